The maximum atomic E-state index is 6.12. The summed E-state index contributed by atoms with van der Waals surface area (Å²) in [6.07, 6.45) is 0. The highest BCUT2D eigenvalue weighted by atomic mass is 15.0. The second-order valence-electron chi connectivity index (χ2n) is 5.20. The number of aromatic nitrogens is 3. The molecule has 1 atom stereocenters. The second kappa shape index (κ2) is 4.63. The largest absolute Gasteiger partial charge is 0.383 e. The lowest BCUT2D eigenvalue weighted by Gasteiger charge is -2.11. The second-order valence-corrected chi connectivity index (χ2v) is 5.20. The summed E-state index contributed by atoms with van der Waals surface area (Å²) in [6.45, 7) is 6.16. The Kier molecular flexibility index (Phi) is 2.93. The van der Waals surface area contributed by atoms with Crippen LogP contribution in [0.4, 0.5) is 5.82 Å². The molecule has 0 bridgehead atoms. The van der Waals surface area contributed by atoms with Crippen molar-refractivity contribution in [1.29, 1.82) is 0 Å². The predicted molar refractivity (Wildman–Crippen MR) is 81.7 cm³/mol. The number of aryl methyl sites for hydroxylation is 2. The minimum absolute atomic E-state index is 0.117. The molecule has 3 aromatic rings. The zero-order chi connectivity index (χ0) is 14.3. The molecule has 4 heteroatoms. The molecule has 4 nitrogen and oxygen atoms in total. The Hall–Kier alpha value is -2.36. The Labute approximate surface area is 118 Å². The van der Waals surface area contributed by atoms with E-state index >= 15 is 0 Å². The summed E-state index contributed by atoms with van der Waals surface area (Å²) in [5.74, 6) is 1.42. The summed E-state index contributed by atoms with van der Waals surface area (Å²) in [6, 6.07) is 10.2. The van der Waals surface area contributed by atoms with Crippen LogP contribution in [0.2, 0.25) is 0 Å². The van der Waals surface area contributed by atoms with Crippen molar-refractivity contribution in [2.45, 2.75) is 26.7 Å². The molecule has 1 aromatic carbocycles. The van der Waals surface area contributed by atoms with E-state index in [4.69, 9.17) is 5.73 Å². The molecule has 102 valence electrons. The number of nitrogen functional groups attached to an aromatic ring is 1. The quantitative estimate of drug-likeness (QED) is 0.747. The van der Waals surface area contributed by atoms with Gasteiger partial charge < -0.3 is 10.7 Å². The number of anilines is 1. The molecule has 3 rings (SSSR count). The monoisotopic (exact) mass is 266 g/mol. The zero-order valence-corrected chi connectivity index (χ0v) is 11.9. The van der Waals surface area contributed by atoms with E-state index < -0.39 is 0 Å². The normalized spacial score (nSPS) is 12.8. The van der Waals surface area contributed by atoms with Crippen molar-refractivity contribution in [2.24, 2.45) is 0 Å². The fraction of sp³-hybridized carbons (Fsp3) is 0.250. The van der Waals surface area contributed by atoms with Crippen LogP contribution < -0.4 is 5.73 Å². The molecule has 0 aliphatic heterocycles. The van der Waals surface area contributed by atoms with E-state index in [0.717, 1.165) is 28.1 Å². The zero-order valence-electron chi connectivity index (χ0n) is 11.9. The SMILES string of the molecule is Cc1[nH]c2nc([C@@H](C)c3ccccc3)nc(N)c2c1C. The number of H-pyrrole nitrogens is 1. The van der Waals surface area contributed by atoms with E-state index in [0.29, 0.717) is 5.82 Å². The Balaban J connectivity index is 2.14. The Morgan fingerprint density at radius 1 is 1.10 bits per heavy atom. The van der Waals surface area contributed by atoms with E-state index in [2.05, 4.69) is 34.0 Å². The molecule has 0 radical (unpaired) electrons. The van der Waals surface area contributed by atoms with Crippen LogP contribution >= 0.6 is 0 Å². The molecule has 0 saturated heterocycles. The van der Waals surface area contributed by atoms with Crippen LogP contribution in [0.25, 0.3) is 11.0 Å². The van der Waals surface area contributed by atoms with E-state index in [-0.39, 0.29) is 5.92 Å². The third-order valence-corrected chi connectivity index (χ3v) is 3.88. The van der Waals surface area contributed by atoms with Crippen molar-refractivity contribution in [3.63, 3.8) is 0 Å². The van der Waals surface area contributed by atoms with Crippen molar-refractivity contribution >= 4 is 16.9 Å². The van der Waals surface area contributed by atoms with Crippen LogP contribution in [-0.4, -0.2) is 15.0 Å². The molecule has 0 aliphatic carbocycles. The molecule has 20 heavy (non-hydrogen) atoms. The topological polar surface area (TPSA) is 67.6 Å². The summed E-state index contributed by atoms with van der Waals surface area (Å²) >= 11 is 0. The van der Waals surface area contributed by atoms with Crippen LogP contribution in [0.5, 0.6) is 0 Å². The smallest absolute Gasteiger partial charge is 0.143 e. The van der Waals surface area contributed by atoms with E-state index in [9.17, 15) is 0 Å². The van der Waals surface area contributed by atoms with Crippen LogP contribution in [0, 0.1) is 13.8 Å². The van der Waals surface area contributed by atoms with Crippen molar-refractivity contribution < 1.29 is 0 Å². The number of hydrogen-bond acceptors (Lipinski definition) is 3. The molecule has 2 heterocycles. The minimum Gasteiger partial charge on any atom is -0.383 e. The standard InChI is InChI=1S/C16H18N4/c1-9-11(3)18-16-13(9)14(17)19-15(20-16)10(2)12-7-5-4-6-8-12/h4-8,10H,1-3H3,(H3,17,18,19,20)/t10-/m0/s1. The third kappa shape index (κ3) is 1.93. The number of aromatic amines is 1. The van der Waals surface area contributed by atoms with Crippen molar-refractivity contribution in [1.82, 2.24) is 15.0 Å². The lowest BCUT2D eigenvalue weighted by Crippen LogP contribution is -2.05. The first-order valence-corrected chi connectivity index (χ1v) is 6.75. The number of nitrogens with two attached hydrogens (primary N) is 1. The van der Waals surface area contributed by atoms with Gasteiger partial charge in [-0.1, -0.05) is 37.3 Å². The fourth-order valence-corrected chi connectivity index (χ4v) is 2.50. The van der Waals surface area contributed by atoms with Gasteiger partial charge in [-0.25, -0.2) is 9.97 Å². The number of nitrogens with one attached hydrogen (secondary N) is 1. The molecule has 0 aliphatic rings. The first kappa shape index (κ1) is 12.7. The summed E-state index contributed by atoms with van der Waals surface area (Å²) in [5.41, 5.74) is 10.3. The van der Waals surface area contributed by atoms with Crippen LogP contribution in [-0.2, 0) is 0 Å². The van der Waals surface area contributed by atoms with Crippen LogP contribution in [0.1, 0.15) is 35.5 Å². The summed E-state index contributed by atoms with van der Waals surface area (Å²) in [7, 11) is 0. The third-order valence-electron chi connectivity index (χ3n) is 3.88. The highest BCUT2D eigenvalue weighted by molar-refractivity contribution is 5.90. The first-order valence-electron chi connectivity index (χ1n) is 6.75. The molecule has 3 N–H and O–H groups in total. The average Bonchev–Trinajstić information content (AvgIpc) is 2.74. The summed E-state index contributed by atoms with van der Waals surface area (Å²) < 4.78 is 0. The maximum absolute atomic E-state index is 6.12. The minimum atomic E-state index is 0.117. The Morgan fingerprint density at radius 3 is 2.50 bits per heavy atom. The van der Waals surface area contributed by atoms with Crippen molar-refractivity contribution in [2.75, 3.05) is 5.73 Å². The number of fused-ring (bicyclic) bond motifs is 1. The number of nitrogens with zero attached hydrogens (tertiary/aromatic N) is 2. The number of benzene rings is 1. The van der Waals surface area contributed by atoms with Gasteiger partial charge in [0.25, 0.3) is 0 Å². The molecular formula is C16H18N4. The highest BCUT2D eigenvalue weighted by Gasteiger charge is 2.16. The first-order chi connectivity index (χ1) is 9.58. The average molecular weight is 266 g/mol. The van der Waals surface area contributed by atoms with Gasteiger partial charge in [-0.3, -0.25) is 0 Å². The lowest BCUT2D eigenvalue weighted by molar-refractivity contribution is 0.827. The van der Waals surface area contributed by atoms with Gasteiger partial charge in [0.05, 0.1) is 5.39 Å². The molecule has 0 fully saturated rings. The number of hydrogen-bond donors (Lipinski definition) is 2. The van der Waals surface area contributed by atoms with Crippen LogP contribution in [0.3, 0.4) is 0 Å². The lowest BCUT2D eigenvalue weighted by atomic mass is 10.0. The molecule has 2 aromatic heterocycles. The van der Waals surface area contributed by atoms with Crippen molar-refractivity contribution in [3.05, 3.63) is 53.0 Å². The van der Waals surface area contributed by atoms with E-state index in [1.165, 1.54) is 5.56 Å². The fourth-order valence-electron chi connectivity index (χ4n) is 2.50. The molecule has 0 saturated carbocycles. The van der Waals surface area contributed by atoms with Crippen molar-refractivity contribution in [3.8, 4) is 0 Å². The van der Waals surface area contributed by atoms with Gasteiger partial charge in [-0.05, 0) is 25.0 Å². The van der Waals surface area contributed by atoms with E-state index in [1.54, 1.807) is 0 Å². The predicted octanol–water partition coefficient (Wildman–Crippen LogP) is 3.31. The van der Waals surface area contributed by atoms with Gasteiger partial charge in [-0.2, -0.15) is 0 Å². The van der Waals surface area contributed by atoms with Gasteiger partial charge in [0, 0.05) is 11.6 Å². The van der Waals surface area contributed by atoms with Gasteiger partial charge in [0.15, 0.2) is 0 Å². The summed E-state index contributed by atoms with van der Waals surface area (Å²) in [5, 5.41) is 0.937. The molecule has 0 spiro atoms. The molecule has 0 amide bonds. The van der Waals surface area contributed by atoms with Gasteiger partial charge in [0.2, 0.25) is 0 Å². The maximum Gasteiger partial charge on any atom is 0.143 e. The highest BCUT2D eigenvalue weighted by Crippen LogP contribution is 2.28. The van der Waals surface area contributed by atoms with Gasteiger partial charge >= 0.3 is 0 Å². The van der Waals surface area contributed by atoms with Gasteiger partial charge in [0.1, 0.15) is 17.3 Å². The Bertz CT molecular complexity index is 759. The van der Waals surface area contributed by atoms with Crippen LogP contribution in [0.15, 0.2) is 30.3 Å². The Morgan fingerprint density at radius 2 is 1.80 bits per heavy atom. The van der Waals surface area contributed by atoms with E-state index in [1.807, 2.05) is 32.0 Å². The summed E-state index contributed by atoms with van der Waals surface area (Å²) in [4.78, 5) is 12.4. The molecule has 0 unspecified atom stereocenters. The number of rotatable bonds is 2. The van der Waals surface area contributed by atoms with Gasteiger partial charge in [-0.15, -0.1) is 0 Å². The molecular weight excluding hydrogens is 248 g/mol.